The van der Waals surface area contributed by atoms with Gasteiger partial charge < -0.3 is 9.64 Å². The quantitative estimate of drug-likeness (QED) is 0.809. The van der Waals surface area contributed by atoms with Crippen molar-refractivity contribution in [3.8, 4) is 5.75 Å². The number of rotatable bonds is 5. The summed E-state index contributed by atoms with van der Waals surface area (Å²) >= 11 is 6.04. The molecule has 0 atom stereocenters. The number of anilines is 2. The molecule has 5 nitrogen and oxygen atoms in total. The number of hydrogen-bond donors (Lipinski definition) is 1. The highest BCUT2D eigenvalue weighted by molar-refractivity contribution is 7.92. The van der Waals surface area contributed by atoms with Crippen molar-refractivity contribution in [3.05, 3.63) is 47.5 Å². The van der Waals surface area contributed by atoms with E-state index < -0.39 is 10.0 Å². The van der Waals surface area contributed by atoms with Crippen molar-refractivity contribution in [2.24, 2.45) is 0 Å². The second-order valence-corrected chi connectivity index (χ2v) is 8.44. The monoisotopic (exact) mass is 394 g/mol. The van der Waals surface area contributed by atoms with Crippen molar-refractivity contribution < 1.29 is 13.2 Å². The maximum absolute atomic E-state index is 12.6. The predicted octanol–water partition coefficient (Wildman–Crippen LogP) is 4.53. The summed E-state index contributed by atoms with van der Waals surface area (Å²) in [4.78, 5) is 2.45. The molecule has 1 heterocycles. The first-order valence-corrected chi connectivity index (χ1v) is 10.6. The Morgan fingerprint density at radius 3 is 2.23 bits per heavy atom. The molecular formula is C19H23ClN2O3S. The lowest BCUT2D eigenvalue weighted by molar-refractivity contribution is 0.414. The van der Waals surface area contributed by atoms with E-state index in [4.69, 9.17) is 16.3 Å². The minimum absolute atomic E-state index is 0.0971. The van der Waals surface area contributed by atoms with Crippen LogP contribution >= 0.6 is 11.6 Å². The Morgan fingerprint density at radius 2 is 1.65 bits per heavy atom. The molecule has 1 N–H and O–H groups in total. The van der Waals surface area contributed by atoms with Crippen LogP contribution in [-0.2, 0) is 10.0 Å². The Balaban J connectivity index is 1.74. The standard InChI is InChI=1S/C19H23ClN2O3S/c1-25-19-11-10-17(14-18(19)20)26(23,24)21-15-6-8-16(9-7-15)22-12-4-2-3-5-13-22/h6-11,14,21H,2-5,12-13H2,1H3. The zero-order chi connectivity index (χ0) is 18.6. The van der Waals surface area contributed by atoms with E-state index in [1.165, 1.54) is 44.9 Å². The van der Waals surface area contributed by atoms with E-state index >= 15 is 0 Å². The zero-order valence-corrected chi connectivity index (χ0v) is 16.3. The molecule has 140 valence electrons. The van der Waals surface area contributed by atoms with Crippen LogP contribution in [0.1, 0.15) is 25.7 Å². The number of halogens is 1. The van der Waals surface area contributed by atoms with Crippen molar-refractivity contribution in [3.63, 3.8) is 0 Å². The van der Waals surface area contributed by atoms with Crippen LogP contribution in [0.2, 0.25) is 5.02 Å². The van der Waals surface area contributed by atoms with Gasteiger partial charge in [-0.25, -0.2) is 8.42 Å². The van der Waals surface area contributed by atoms with Gasteiger partial charge in [-0.15, -0.1) is 0 Å². The number of nitrogens with one attached hydrogen (secondary N) is 1. The SMILES string of the molecule is COc1ccc(S(=O)(=O)Nc2ccc(N3CCCCCC3)cc2)cc1Cl. The first-order chi connectivity index (χ1) is 12.5. The molecule has 0 radical (unpaired) electrons. The largest absolute Gasteiger partial charge is 0.495 e. The maximum atomic E-state index is 12.6. The minimum Gasteiger partial charge on any atom is -0.495 e. The first kappa shape index (κ1) is 18.9. The molecule has 1 aliphatic rings. The maximum Gasteiger partial charge on any atom is 0.261 e. The molecule has 1 fully saturated rings. The number of benzene rings is 2. The summed E-state index contributed by atoms with van der Waals surface area (Å²) in [6, 6.07) is 11.9. The van der Waals surface area contributed by atoms with Crippen molar-refractivity contribution in [1.82, 2.24) is 0 Å². The highest BCUT2D eigenvalue weighted by Crippen LogP contribution is 2.28. The van der Waals surface area contributed by atoms with Crippen LogP contribution in [-0.4, -0.2) is 28.6 Å². The summed E-state index contributed by atoms with van der Waals surface area (Å²) in [6.45, 7) is 2.10. The molecule has 0 saturated carbocycles. The van der Waals surface area contributed by atoms with Gasteiger partial charge in [0.1, 0.15) is 5.75 Å². The second-order valence-electron chi connectivity index (χ2n) is 6.35. The van der Waals surface area contributed by atoms with Gasteiger partial charge in [0.2, 0.25) is 0 Å². The summed E-state index contributed by atoms with van der Waals surface area (Å²) < 4.78 is 32.8. The highest BCUT2D eigenvalue weighted by atomic mass is 35.5. The molecule has 0 aliphatic carbocycles. The average Bonchev–Trinajstić information content (AvgIpc) is 2.91. The van der Waals surface area contributed by atoms with Gasteiger partial charge >= 0.3 is 0 Å². The molecule has 26 heavy (non-hydrogen) atoms. The van der Waals surface area contributed by atoms with E-state index in [0.717, 1.165) is 18.8 Å². The Labute approximate surface area is 160 Å². The van der Waals surface area contributed by atoms with Gasteiger partial charge in [0.25, 0.3) is 10.0 Å². The molecule has 7 heteroatoms. The molecule has 0 spiro atoms. The summed E-state index contributed by atoms with van der Waals surface area (Å²) in [5.41, 5.74) is 1.65. The van der Waals surface area contributed by atoms with Gasteiger partial charge in [-0.1, -0.05) is 24.4 Å². The molecule has 0 amide bonds. The van der Waals surface area contributed by atoms with Gasteiger partial charge in [0, 0.05) is 24.5 Å². The third-order valence-corrected chi connectivity index (χ3v) is 6.20. The average molecular weight is 395 g/mol. The summed E-state index contributed by atoms with van der Waals surface area (Å²) in [5, 5.41) is 0.256. The lowest BCUT2D eigenvalue weighted by atomic mass is 10.2. The topological polar surface area (TPSA) is 58.6 Å². The molecule has 1 aliphatic heterocycles. The minimum atomic E-state index is -3.71. The van der Waals surface area contributed by atoms with Crippen LogP contribution in [0.25, 0.3) is 0 Å². The van der Waals surface area contributed by atoms with Gasteiger partial charge in [-0.3, -0.25) is 4.72 Å². The van der Waals surface area contributed by atoms with Crippen LogP contribution in [0, 0.1) is 0 Å². The molecule has 0 aromatic heterocycles. The normalized spacial score (nSPS) is 15.4. The van der Waals surface area contributed by atoms with Crippen molar-refractivity contribution in [1.29, 1.82) is 0 Å². The first-order valence-electron chi connectivity index (χ1n) is 8.71. The van der Waals surface area contributed by atoms with Crippen molar-refractivity contribution >= 4 is 33.0 Å². The summed E-state index contributed by atoms with van der Waals surface area (Å²) in [6.07, 6.45) is 4.96. The van der Waals surface area contributed by atoms with E-state index in [0.29, 0.717) is 11.4 Å². The Hall–Kier alpha value is -1.92. The molecule has 0 unspecified atom stereocenters. The van der Waals surface area contributed by atoms with E-state index in [-0.39, 0.29) is 9.92 Å². The molecular weight excluding hydrogens is 372 g/mol. The van der Waals surface area contributed by atoms with E-state index in [2.05, 4.69) is 9.62 Å². The molecule has 2 aromatic rings. The second kappa shape index (κ2) is 8.18. The van der Waals surface area contributed by atoms with Crippen LogP contribution in [0.3, 0.4) is 0 Å². The Morgan fingerprint density at radius 1 is 1.00 bits per heavy atom. The van der Waals surface area contributed by atoms with Crippen molar-refractivity contribution in [2.45, 2.75) is 30.6 Å². The smallest absolute Gasteiger partial charge is 0.261 e. The van der Waals surface area contributed by atoms with Crippen LogP contribution in [0.5, 0.6) is 5.75 Å². The van der Waals surface area contributed by atoms with Gasteiger partial charge in [-0.05, 0) is 55.3 Å². The van der Waals surface area contributed by atoms with Crippen LogP contribution in [0.4, 0.5) is 11.4 Å². The zero-order valence-electron chi connectivity index (χ0n) is 14.7. The van der Waals surface area contributed by atoms with E-state index in [1.54, 1.807) is 18.2 Å². The summed E-state index contributed by atoms with van der Waals surface area (Å²) in [5.74, 6) is 0.437. The molecule has 2 aromatic carbocycles. The fraction of sp³-hybridized carbons (Fsp3) is 0.368. The summed E-state index contributed by atoms with van der Waals surface area (Å²) in [7, 11) is -2.22. The fourth-order valence-electron chi connectivity index (χ4n) is 3.10. The predicted molar refractivity (Wildman–Crippen MR) is 106 cm³/mol. The van der Waals surface area contributed by atoms with E-state index in [9.17, 15) is 8.42 Å². The number of ether oxygens (including phenoxy) is 1. The van der Waals surface area contributed by atoms with Gasteiger partial charge in [0.15, 0.2) is 0 Å². The van der Waals surface area contributed by atoms with Crippen LogP contribution in [0.15, 0.2) is 47.4 Å². The molecule has 3 rings (SSSR count). The highest BCUT2D eigenvalue weighted by Gasteiger charge is 2.17. The Bertz CT molecular complexity index is 846. The van der Waals surface area contributed by atoms with Gasteiger partial charge in [-0.2, -0.15) is 0 Å². The number of sulfonamides is 1. The lowest BCUT2D eigenvalue weighted by Crippen LogP contribution is -2.23. The van der Waals surface area contributed by atoms with Crippen LogP contribution < -0.4 is 14.4 Å². The number of methoxy groups -OCH3 is 1. The third-order valence-electron chi connectivity index (χ3n) is 4.52. The number of nitrogens with zero attached hydrogens (tertiary/aromatic N) is 1. The molecule has 1 saturated heterocycles. The molecule has 0 bridgehead atoms. The third kappa shape index (κ3) is 4.43. The van der Waals surface area contributed by atoms with Gasteiger partial charge in [0.05, 0.1) is 17.0 Å². The number of hydrogen-bond acceptors (Lipinski definition) is 4. The lowest BCUT2D eigenvalue weighted by Gasteiger charge is -2.22. The van der Waals surface area contributed by atoms with E-state index in [1.807, 2.05) is 12.1 Å². The van der Waals surface area contributed by atoms with Crippen molar-refractivity contribution in [2.75, 3.05) is 29.8 Å². The fourth-order valence-corrected chi connectivity index (χ4v) is 4.50. The Kier molecular flexibility index (Phi) is 5.94.